The highest BCUT2D eigenvalue weighted by atomic mass is 35.5. The molecule has 3 aromatic heterocycles. The second-order valence-corrected chi connectivity index (χ2v) is 9.50. The lowest BCUT2D eigenvalue weighted by molar-refractivity contribution is -0.207. The molecule has 206 valence electrons. The number of rotatable bonds is 8. The smallest absolute Gasteiger partial charge is 0.382 e. The third-order valence-electron chi connectivity index (χ3n) is 6.15. The third-order valence-corrected chi connectivity index (χ3v) is 6.41. The van der Waals surface area contributed by atoms with E-state index in [-0.39, 0.29) is 29.6 Å². The van der Waals surface area contributed by atoms with Gasteiger partial charge in [-0.05, 0) is 49.2 Å². The lowest BCUT2D eigenvalue weighted by Crippen LogP contribution is -2.37. The monoisotopic (exact) mass is 573 g/mol. The molecular formula is C24H19ClF3N9O3. The average Bonchev–Trinajstić information content (AvgIpc) is 3.43. The van der Waals surface area contributed by atoms with E-state index in [4.69, 9.17) is 11.6 Å². The summed E-state index contributed by atoms with van der Waals surface area (Å²) in [7, 11) is 0. The van der Waals surface area contributed by atoms with Crippen molar-refractivity contribution < 1.29 is 23.1 Å². The van der Waals surface area contributed by atoms with Crippen LogP contribution in [0.2, 0.25) is 5.02 Å². The highest BCUT2D eigenvalue weighted by Gasteiger charge is 2.45. The van der Waals surface area contributed by atoms with Crippen molar-refractivity contribution in [3.05, 3.63) is 75.8 Å². The van der Waals surface area contributed by atoms with E-state index in [1.165, 1.54) is 47.5 Å². The van der Waals surface area contributed by atoms with Crippen molar-refractivity contribution in [2.75, 3.05) is 0 Å². The molecule has 0 spiro atoms. The average molecular weight is 574 g/mol. The molecule has 40 heavy (non-hydrogen) atoms. The molecule has 1 atom stereocenters. The second-order valence-electron chi connectivity index (χ2n) is 9.07. The number of pyridine rings is 1. The van der Waals surface area contributed by atoms with E-state index in [0.717, 1.165) is 4.68 Å². The Morgan fingerprint density at radius 2 is 1.93 bits per heavy atom. The van der Waals surface area contributed by atoms with Gasteiger partial charge in [0.2, 0.25) is 0 Å². The molecule has 1 aliphatic carbocycles. The molecule has 0 unspecified atom stereocenters. The Bertz CT molecular complexity index is 1670. The number of nitrogens with one attached hydrogen (secondary N) is 1. The Morgan fingerprint density at radius 3 is 2.58 bits per heavy atom. The number of aliphatic hydroxyl groups is 1. The Labute approximate surface area is 228 Å². The lowest BCUT2D eigenvalue weighted by atomic mass is 10.2. The second kappa shape index (κ2) is 10.2. The SMILES string of the molecule is N#CC1(NC(=O)c2cccnc2-n2cnc(Cn3nc(-c4ccc(Cl)cc4)n(C[C@H](O)C(F)(F)F)c3=O)n2)CC1. The highest BCUT2D eigenvalue weighted by molar-refractivity contribution is 6.30. The Balaban J connectivity index is 1.45. The standard InChI is InChI=1S/C24H19ClF3N9O3/c25-15-5-3-14(4-6-15)19-34-36(22(40)35(19)10-17(38)24(26,27)28)11-18-31-13-37(33-18)20-16(2-1-9-30-20)21(39)32-23(12-29)7-8-23/h1-6,9,13,17,38H,7-8,10-11H2,(H,32,39)/t17-/m0/s1. The summed E-state index contributed by atoms with van der Waals surface area (Å²) in [5.41, 5.74) is -1.41. The molecule has 1 fully saturated rings. The van der Waals surface area contributed by atoms with Gasteiger partial charge in [0, 0.05) is 16.8 Å². The zero-order valence-electron chi connectivity index (χ0n) is 20.4. The molecule has 1 aromatic carbocycles. The maximum atomic E-state index is 13.1. The summed E-state index contributed by atoms with van der Waals surface area (Å²) < 4.78 is 42.1. The predicted octanol–water partition coefficient (Wildman–Crippen LogP) is 2.10. The van der Waals surface area contributed by atoms with Crippen LogP contribution in [0, 0.1) is 11.3 Å². The first-order valence-corrected chi connectivity index (χ1v) is 12.2. The highest BCUT2D eigenvalue weighted by Crippen LogP contribution is 2.34. The Hall–Kier alpha value is -4.55. The molecular weight excluding hydrogens is 555 g/mol. The fourth-order valence-corrected chi connectivity index (χ4v) is 3.96. The summed E-state index contributed by atoms with van der Waals surface area (Å²) in [6.07, 6.45) is -4.01. The number of aromatic nitrogens is 7. The van der Waals surface area contributed by atoms with Crippen LogP contribution in [0.4, 0.5) is 13.2 Å². The predicted molar refractivity (Wildman–Crippen MR) is 132 cm³/mol. The van der Waals surface area contributed by atoms with Crippen molar-refractivity contribution in [2.24, 2.45) is 0 Å². The van der Waals surface area contributed by atoms with Gasteiger partial charge in [0.25, 0.3) is 5.91 Å². The molecule has 1 aliphatic rings. The van der Waals surface area contributed by atoms with Gasteiger partial charge in [0.05, 0.1) is 18.2 Å². The summed E-state index contributed by atoms with van der Waals surface area (Å²) in [4.78, 5) is 34.2. The largest absolute Gasteiger partial charge is 0.416 e. The number of hydrogen-bond donors (Lipinski definition) is 2. The maximum Gasteiger partial charge on any atom is 0.416 e. The fraction of sp³-hybridized carbons (Fsp3) is 0.292. The van der Waals surface area contributed by atoms with E-state index < -0.39 is 36.0 Å². The van der Waals surface area contributed by atoms with E-state index >= 15 is 0 Å². The van der Waals surface area contributed by atoms with E-state index in [2.05, 4.69) is 31.6 Å². The lowest BCUT2D eigenvalue weighted by Gasteiger charge is -2.15. The summed E-state index contributed by atoms with van der Waals surface area (Å²) in [5, 5.41) is 30.4. The van der Waals surface area contributed by atoms with Crippen LogP contribution < -0.4 is 11.0 Å². The molecule has 1 saturated carbocycles. The van der Waals surface area contributed by atoms with Crippen LogP contribution in [0.15, 0.2) is 53.7 Å². The Morgan fingerprint density at radius 1 is 1.20 bits per heavy atom. The molecule has 3 heterocycles. The van der Waals surface area contributed by atoms with Crippen LogP contribution in [0.25, 0.3) is 17.2 Å². The molecule has 2 N–H and O–H groups in total. The van der Waals surface area contributed by atoms with Gasteiger partial charge in [-0.1, -0.05) is 11.6 Å². The maximum absolute atomic E-state index is 13.1. The van der Waals surface area contributed by atoms with Crippen molar-refractivity contribution in [2.45, 2.75) is 43.8 Å². The van der Waals surface area contributed by atoms with E-state index in [1.807, 2.05) is 0 Å². The zero-order valence-corrected chi connectivity index (χ0v) is 21.1. The first-order chi connectivity index (χ1) is 19.0. The molecule has 0 saturated heterocycles. The molecule has 0 aliphatic heterocycles. The number of alkyl halides is 3. The normalized spacial score (nSPS) is 14.9. The molecule has 0 radical (unpaired) electrons. The fourth-order valence-electron chi connectivity index (χ4n) is 3.83. The van der Waals surface area contributed by atoms with Crippen molar-refractivity contribution in [1.82, 2.24) is 39.4 Å². The van der Waals surface area contributed by atoms with Gasteiger partial charge >= 0.3 is 11.9 Å². The van der Waals surface area contributed by atoms with E-state index in [0.29, 0.717) is 28.0 Å². The summed E-state index contributed by atoms with van der Waals surface area (Å²) >= 11 is 5.91. The number of carbonyl (C=O) groups excluding carboxylic acids is 1. The number of aliphatic hydroxyl groups excluding tert-OH is 1. The molecule has 12 nitrogen and oxygen atoms in total. The number of benzene rings is 1. The minimum atomic E-state index is -4.96. The number of hydrogen-bond acceptors (Lipinski definition) is 8. The van der Waals surface area contributed by atoms with Gasteiger partial charge in [-0.2, -0.15) is 18.4 Å². The van der Waals surface area contributed by atoms with Crippen molar-refractivity contribution in [3.8, 4) is 23.3 Å². The molecule has 5 rings (SSSR count). The van der Waals surface area contributed by atoms with Crippen molar-refractivity contribution in [3.63, 3.8) is 0 Å². The van der Waals surface area contributed by atoms with Crippen molar-refractivity contribution in [1.29, 1.82) is 5.26 Å². The third kappa shape index (κ3) is 5.44. The van der Waals surface area contributed by atoms with Gasteiger partial charge < -0.3 is 10.4 Å². The topological polar surface area (TPSA) is 157 Å². The zero-order chi connectivity index (χ0) is 28.7. The van der Waals surface area contributed by atoms with Crippen LogP contribution >= 0.6 is 11.6 Å². The number of halogens is 4. The molecule has 16 heteroatoms. The number of nitrogens with zero attached hydrogens (tertiary/aromatic N) is 8. The summed E-state index contributed by atoms with van der Waals surface area (Å²) in [6, 6.07) is 11.0. The summed E-state index contributed by atoms with van der Waals surface area (Å²) in [5.74, 6) is -0.497. The van der Waals surface area contributed by atoms with Crippen LogP contribution in [0.3, 0.4) is 0 Å². The minimum absolute atomic E-state index is 0.0403. The summed E-state index contributed by atoms with van der Waals surface area (Å²) in [6.45, 7) is -1.42. The Kier molecular flexibility index (Phi) is 6.90. The first-order valence-electron chi connectivity index (χ1n) is 11.8. The van der Waals surface area contributed by atoms with Crippen LogP contribution in [0.1, 0.15) is 29.0 Å². The van der Waals surface area contributed by atoms with Gasteiger partial charge in [-0.15, -0.1) is 10.2 Å². The molecule has 1 amide bonds. The van der Waals surface area contributed by atoms with Crippen LogP contribution in [0.5, 0.6) is 0 Å². The molecule has 4 aromatic rings. The van der Waals surface area contributed by atoms with Gasteiger partial charge in [-0.3, -0.25) is 9.36 Å². The van der Waals surface area contributed by atoms with Gasteiger partial charge in [0.1, 0.15) is 18.4 Å². The van der Waals surface area contributed by atoms with Gasteiger partial charge in [0.15, 0.2) is 23.6 Å². The number of nitriles is 1. The quantitative estimate of drug-likeness (QED) is 0.324. The van der Waals surface area contributed by atoms with Gasteiger partial charge in [-0.25, -0.2) is 24.1 Å². The van der Waals surface area contributed by atoms with E-state index in [1.54, 1.807) is 6.07 Å². The van der Waals surface area contributed by atoms with Crippen LogP contribution in [-0.2, 0) is 13.1 Å². The molecule has 0 bridgehead atoms. The number of amides is 1. The first kappa shape index (κ1) is 27.0. The minimum Gasteiger partial charge on any atom is -0.382 e. The number of carbonyl (C=O) groups is 1. The van der Waals surface area contributed by atoms with Crippen molar-refractivity contribution >= 4 is 17.5 Å². The van der Waals surface area contributed by atoms with Crippen LogP contribution in [-0.4, -0.2) is 62.9 Å². The van der Waals surface area contributed by atoms with E-state index in [9.17, 15) is 33.1 Å².